The predicted molar refractivity (Wildman–Crippen MR) is 89.9 cm³/mol. The molecule has 1 N–H and O–H groups in total. The molecule has 0 saturated heterocycles. The van der Waals surface area contributed by atoms with Gasteiger partial charge in [-0.25, -0.2) is 9.49 Å². The molecule has 110 valence electrons. The number of nitrogens with zero attached hydrogens (tertiary/aromatic N) is 3. The maximum Gasteiger partial charge on any atom is 0.216 e. The molecule has 4 nitrogen and oxygen atoms in total. The van der Waals surface area contributed by atoms with Crippen molar-refractivity contribution in [1.29, 1.82) is 0 Å². The Labute approximate surface area is 139 Å². The first-order chi connectivity index (χ1) is 10.6. The van der Waals surface area contributed by atoms with Crippen LogP contribution >= 0.6 is 28.1 Å². The minimum Gasteiger partial charge on any atom is -0.250 e. The Morgan fingerprint density at radius 3 is 2.73 bits per heavy atom. The first kappa shape index (κ1) is 14.8. The second-order valence-corrected chi connectivity index (χ2v) is 5.77. The molecule has 0 aliphatic carbocycles. The van der Waals surface area contributed by atoms with Gasteiger partial charge in [-0.1, -0.05) is 28.1 Å². The average Bonchev–Trinajstić information content (AvgIpc) is 2.87. The summed E-state index contributed by atoms with van der Waals surface area (Å²) in [6, 6.07) is 13.7. The van der Waals surface area contributed by atoms with E-state index in [0.717, 1.165) is 15.6 Å². The molecule has 1 heterocycles. The van der Waals surface area contributed by atoms with E-state index in [2.05, 4.69) is 31.2 Å². The molecule has 0 bridgehead atoms. The quantitative estimate of drug-likeness (QED) is 0.544. The molecule has 0 aliphatic heterocycles. The van der Waals surface area contributed by atoms with E-state index in [1.165, 1.54) is 16.8 Å². The van der Waals surface area contributed by atoms with E-state index >= 15 is 0 Å². The lowest BCUT2D eigenvalue weighted by Crippen LogP contribution is -1.95. The molecule has 3 aromatic rings. The SMILES string of the molecule is Fc1ccc(-c2n[nH]c(=S)n2N=Cc2cccc(Br)c2)cc1. The van der Waals surface area contributed by atoms with Crippen LogP contribution in [-0.2, 0) is 0 Å². The minimum atomic E-state index is -0.304. The Morgan fingerprint density at radius 1 is 1.23 bits per heavy atom. The van der Waals surface area contributed by atoms with Crippen molar-refractivity contribution in [3.8, 4) is 11.4 Å². The number of hydrogen-bond acceptors (Lipinski definition) is 3. The average molecular weight is 377 g/mol. The highest BCUT2D eigenvalue weighted by Crippen LogP contribution is 2.17. The van der Waals surface area contributed by atoms with E-state index in [9.17, 15) is 4.39 Å². The van der Waals surface area contributed by atoms with Crippen LogP contribution in [0.1, 0.15) is 5.56 Å². The maximum absolute atomic E-state index is 13.0. The molecule has 0 atom stereocenters. The zero-order valence-electron chi connectivity index (χ0n) is 11.2. The van der Waals surface area contributed by atoms with Gasteiger partial charge in [-0.3, -0.25) is 0 Å². The van der Waals surface area contributed by atoms with Crippen molar-refractivity contribution >= 4 is 34.4 Å². The number of nitrogens with one attached hydrogen (secondary N) is 1. The smallest absolute Gasteiger partial charge is 0.216 e. The van der Waals surface area contributed by atoms with Crippen LogP contribution in [0.25, 0.3) is 11.4 Å². The third-order valence-corrected chi connectivity index (χ3v) is 3.68. The van der Waals surface area contributed by atoms with Gasteiger partial charge >= 0.3 is 0 Å². The van der Waals surface area contributed by atoms with Gasteiger partial charge in [0.1, 0.15) is 5.82 Å². The standard InChI is InChI=1S/C15H10BrFN4S/c16-12-3-1-2-10(8-12)9-18-21-14(19-20-15(21)22)11-4-6-13(17)7-5-11/h1-9H,(H,20,22). The number of benzene rings is 2. The lowest BCUT2D eigenvalue weighted by Gasteiger charge is -2.01. The van der Waals surface area contributed by atoms with Crippen molar-refractivity contribution in [2.75, 3.05) is 0 Å². The van der Waals surface area contributed by atoms with Crippen LogP contribution in [0.4, 0.5) is 4.39 Å². The summed E-state index contributed by atoms with van der Waals surface area (Å²) < 4.78 is 15.9. The van der Waals surface area contributed by atoms with Gasteiger partial charge in [0.2, 0.25) is 4.77 Å². The topological polar surface area (TPSA) is 46.0 Å². The van der Waals surface area contributed by atoms with E-state index in [4.69, 9.17) is 12.2 Å². The number of aromatic amines is 1. The Hall–Kier alpha value is -2.12. The van der Waals surface area contributed by atoms with Gasteiger partial charge in [-0.15, -0.1) is 0 Å². The van der Waals surface area contributed by atoms with Crippen molar-refractivity contribution in [3.05, 3.63) is 69.2 Å². The third-order valence-electron chi connectivity index (χ3n) is 2.92. The number of halogens is 2. The molecule has 22 heavy (non-hydrogen) atoms. The number of H-pyrrole nitrogens is 1. The van der Waals surface area contributed by atoms with Crippen LogP contribution in [0.3, 0.4) is 0 Å². The van der Waals surface area contributed by atoms with Crippen molar-refractivity contribution in [3.63, 3.8) is 0 Å². The van der Waals surface area contributed by atoms with Crippen LogP contribution < -0.4 is 0 Å². The number of hydrogen-bond donors (Lipinski definition) is 1. The van der Waals surface area contributed by atoms with Gasteiger partial charge in [0.25, 0.3) is 0 Å². The predicted octanol–water partition coefficient (Wildman–Crippen LogP) is 4.39. The normalized spacial score (nSPS) is 11.2. The molecule has 0 spiro atoms. The summed E-state index contributed by atoms with van der Waals surface area (Å²) >= 11 is 8.60. The van der Waals surface area contributed by atoms with Gasteiger partial charge in [0.15, 0.2) is 5.82 Å². The molecule has 0 aliphatic rings. The largest absolute Gasteiger partial charge is 0.250 e. The molecule has 3 rings (SSSR count). The molecule has 0 saturated carbocycles. The van der Waals surface area contributed by atoms with Crippen molar-refractivity contribution in [2.24, 2.45) is 5.10 Å². The second-order valence-electron chi connectivity index (χ2n) is 4.47. The van der Waals surface area contributed by atoms with Crippen LogP contribution in [0.5, 0.6) is 0 Å². The van der Waals surface area contributed by atoms with Crippen LogP contribution in [0.15, 0.2) is 58.1 Å². The molecule has 2 aromatic carbocycles. The van der Waals surface area contributed by atoms with Crippen molar-refractivity contribution in [1.82, 2.24) is 14.9 Å². The van der Waals surface area contributed by atoms with Gasteiger partial charge in [-0.05, 0) is 54.2 Å². The molecular weight excluding hydrogens is 367 g/mol. The lowest BCUT2D eigenvalue weighted by atomic mass is 10.2. The van der Waals surface area contributed by atoms with E-state index in [-0.39, 0.29) is 5.82 Å². The van der Waals surface area contributed by atoms with E-state index < -0.39 is 0 Å². The molecule has 0 radical (unpaired) electrons. The van der Waals surface area contributed by atoms with Crippen LogP contribution in [-0.4, -0.2) is 21.1 Å². The Balaban J connectivity index is 1.99. The summed E-state index contributed by atoms with van der Waals surface area (Å²) in [5.74, 6) is 0.221. The van der Waals surface area contributed by atoms with E-state index in [0.29, 0.717) is 10.6 Å². The molecule has 7 heteroatoms. The minimum absolute atomic E-state index is 0.304. The second kappa shape index (κ2) is 6.33. The highest BCUT2D eigenvalue weighted by atomic mass is 79.9. The Bertz CT molecular complexity index is 883. The van der Waals surface area contributed by atoms with Crippen molar-refractivity contribution in [2.45, 2.75) is 0 Å². The zero-order valence-corrected chi connectivity index (χ0v) is 13.6. The highest BCUT2D eigenvalue weighted by molar-refractivity contribution is 9.10. The molecule has 0 unspecified atom stereocenters. The van der Waals surface area contributed by atoms with Crippen LogP contribution in [0, 0.1) is 10.6 Å². The van der Waals surface area contributed by atoms with Crippen molar-refractivity contribution < 1.29 is 4.39 Å². The first-order valence-electron chi connectivity index (χ1n) is 6.37. The van der Waals surface area contributed by atoms with Gasteiger partial charge in [0.05, 0.1) is 6.21 Å². The molecule has 0 amide bonds. The molecule has 1 aromatic heterocycles. The van der Waals surface area contributed by atoms with Gasteiger partial charge < -0.3 is 0 Å². The fourth-order valence-electron chi connectivity index (χ4n) is 1.90. The monoisotopic (exact) mass is 376 g/mol. The fraction of sp³-hybridized carbons (Fsp3) is 0. The lowest BCUT2D eigenvalue weighted by molar-refractivity contribution is 0.628. The zero-order chi connectivity index (χ0) is 15.5. The Kier molecular flexibility index (Phi) is 4.26. The Morgan fingerprint density at radius 2 is 2.00 bits per heavy atom. The van der Waals surface area contributed by atoms with E-state index in [1.54, 1.807) is 18.3 Å². The summed E-state index contributed by atoms with van der Waals surface area (Å²) in [5.41, 5.74) is 1.64. The summed E-state index contributed by atoms with van der Waals surface area (Å²) in [5, 5.41) is 11.2. The van der Waals surface area contributed by atoms with Gasteiger partial charge in [0, 0.05) is 10.0 Å². The summed E-state index contributed by atoms with van der Waals surface area (Å²) in [6.45, 7) is 0. The number of aromatic nitrogens is 3. The summed E-state index contributed by atoms with van der Waals surface area (Å²) in [6.07, 6.45) is 1.68. The third kappa shape index (κ3) is 3.20. The first-order valence-corrected chi connectivity index (χ1v) is 7.57. The number of rotatable bonds is 3. The highest BCUT2D eigenvalue weighted by Gasteiger charge is 2.08. The summed E-state index contributed by atoms with van der Waals surface area (Å²) in [7, 11) is 0. The summed E-state index contributed by atoms with van der Waals surface area (Å²) in [4.78, 5) is 0. The maximum atomic E-state index is 13.0. The fourth-order valence-corrected chi connectivity index (χ4v) is 2.49. The van der Waals surface area contributed by atoms with E-state index in [1.807, 2.05) is 24.3 Å². The van der Waals surface area contributed by atoms with Gasteiger partial charge in [-0.2, -0.15) is 14.9 Å². The van der Waals surface area contributed by atoms with Crippen LogP contribution in [0.2, 0.25) is 0 Å². The molecule has 0 fully saturated rings. The molecular formula is C15H10BrFN4S.